The van der Waals surface area contributed by atoms with E-state index in [1.807, 2.05) is 0 Å². The van der Waals surface area contributed by atoms with Crippen molar-refractivity contribution < 1.29 is 40.4 Å². The lowest BCUT2D eigenvalue weighted by Crippen LogP contribution is -2.28. The largest absolute Gasteiger partial charge is 0.534 e. The van der Waals surface area contributed by atoms with E-state index in [0.717, 1.165) is 12.1 Å². The molecule has 0 aliphatic heterocycles. The summed E-state index contributed by atoms with van der Waals surface area (Å²) in [5, 5.41) is 16.7. The van der Waals surface area contributed by atoms with E-state index in [1.165, 1.54) is 30.6 Å². The van der Waals surface area contributed by atoms with Crippen LogP contribution >= 0.6 is 0 Å². The molecule has 13 heteroatoms. The lowest BCUT2D eigenvalue weighted by molar-refractivity contribution is -0.0500. The molecular formula is C17H14F3N3O6S. The molecule has 0 saturated carbocycles. The topological polar surface area (TPSA) is 121 Å². The Morgan fingerprint density at radius 1 is 1.00 bits per heavy atom. The van der Waals surface area contributed by atoms with Gasteiger partial charge in [0.1, 0.15) is 24.7 Å². The van der Waals surface area contributed by atoms with Crippen LogP contribution in [0.2, 0.25) is 0 Å². The van der Waals surface area contributed by atoms with Gasteiger partial charge in [-0.15, -0.1) is 5.10 Å². The van der Waals surface area contributed by atoms with E-state index in [4.69, 9.17) is 14.6 Å². The number of ether oxygens (including phenoxy) is 2. The molecule has 0 saturated heterocycles. The number of aliphatic hydroxyl groups is 1. The first-order valence-corrected chi connectivity index (χ1v) is 9.67. The number of hydrogen-bond donors (Lipinski definition) is 1. The first-order chi connectivity index (χ1) is 14.2. The summed E-state index contributed by atoms with van der Waals surface area (Å²) >= 11 is 0. The number of benzene rings is 1. The summed E-state index contributed by atoms with van der Waals surface area (Å²) in [4.78, 5) is 4.08. The molecule has 0 fully saturated rings. The van der Waals surface area contributed by atoms with E-state index < -0.39 is 21.4 Å². The Hall–Kier alpha value is -3.19. The van der Waals surface area contributed by atoms with Crippen molar-refractivity contribution in [2.24, 2.45) is 0 Å². The van der Waals surface area contributed by atoms with Gasteiger partial charge in [0.05, 0.1) is 24.5 Å². The minimum absolute atomic E-state index is 0.0802. The van der Waals surface area contributed by atoms with Gasteiger partial charge in [-0.25, -0.2) is 0 Å². The average molecular weight is 445 g/mol. The summed E-state index contributed by atoms with van der Waals surface area (Å²) in [7, 11) is -5.77. The second-order valence-corrected chi connectivity index (χ2v) is 7.30. The van der Waals surface area contributed by atoms with E-state index in [1.54, 1.807) is 0 Å². The Morgan fingerprint density at radius 2 is 1.73 bits per heavy atom. The van der Waals surface area contributed by atoms with Gasteiger partial charge in [-0.3, -0.25) is 4.98 Å². The summed E-state index contributed by atoms with van der Waals surface area (Å²) in [6.45, 7) is -0.0352. The van der Waals surface area contributed by atoms with Crippen LogP contribution < -0.4 is 13.7 Å². The van der Waals surface area contributed by atoms with Crippen molar-refractivity contribution in [2.75, 3.05) is 13.2 Å². The Kier molecular flexibility index (Phi) is 6.22. The van der Waals surface area contributed by atoms with Crippen molar-refractivity contribution in [2.45, 2.75) is 12.1 Å². The van der Waals surface area contributed by atoms with Crippen LogP contribution in [0.15, 0.2) is 42.7 Å². The third-order valence-corrected chi connectivity index (χ3v) is 4.57. The standard InChI is InChI=1S/C17H14F3N3O6S/c18-17(19,20)30(25,26)29-13-1-2-15-12(6-13)7-14(9-21-15)27-3-4-28-16-5-11(10-24)8-22-23-16/h1-2,5-9,24H,3-4,10H2. The van der Waals surface area contributed by atoms with Crippen molar-refractivity contribution in [1.82, 2.24) is 15.2 Å². The molecular weight excluding hydrogens is 431 g/mol. The van der Waals surface area contributed by atoms with Crippen molar-refractivity contribution >= 4 is 21.0 Å². The third kappa shape index (κ3) is 5.24. The van der Waals surface area contributed by atoms with Gasteiger partial charge in [0.25, 0.3) is 0 Å². The highest BCUT2D eigenvalue weighted by atomic mass is 32.2. The second kappa shape index (κ2) is 8.67. The molecule has 0 spiro atoms. The minimum Gasteiger partial charge on any atom is -0.488 e. The summed E-state index contributed by atoms with van der Waals surface area (Å²) in [6.07, 6.45) is 2.78. The zero-order valence-corrected chi connectivity index (χ0v) is 15.9. The van der Waals surface area contributed by atoms with E-state index in [9.17, 15) is 21.6 Å². The molecule has 3 aromatic rings. The van der Waals surface area contributed by atoms with Crippen LogP contribution in [0.1, 0.15) is 5.56 Å². The molecule has 2 heterocycles. The monoisotopic (exact) mass is 445 g/mol. The van der Waals surface area contributed by atoms with E-state index in [-0.39, 0.29) is 31.5 Å². The molecule has 3 rings (SSSR count). The van der Waals surface area contributed by atoms with Crippen molar-refractivity contribution in [3.63, 3.8) is 0 Å². The number of rotatable bonds is 8. The summed E-state index contributed by atoms with van der Waals surface area (Å²) in [5.41, 5.74) is -4.61. The van der Waals surface area contributed by atoms with Crippen molar-refractivity contribution in [3.8, 4) is 17.4 Å². The molecule has 2 aromatic heterocycles. The maximum atomic E-state index is 12.5. The molecule has 0 radical (unpaired) electrons. The van der Waals surface area contributed by atoms with Crippen LogP contribution in [0.4, 0.5) is 13.2 Å². The van der Waals surface area contributed by atoms with Crippen LogP contribution in [0.3, 0.4) is 0 Å². The number of fused-ring (bicyclic) bond motifs is 1. The Morgan fingerprint density at radius 3 is 2.47 bits per heavy atom. The Bertz CT molecular complexity index is 1140. The quantitative estimate of drug-likeness (QED) is 0.316. The Balaban J connectivity index is 1.64. The van der Waals surface area contributed by atoms with Crippen LogP contribution in [-0.2, 0) is 16.7 Å². The van der Waals surface area contributed by atoms with Gasteiger partial charge >= 0.3 is 15.6 Å². The summed E-state index contributed by atoms with van der Waals surface area (Å²) < 4.78 is 74.5. The molecule has 160 valence electrons. The zero-order chi connectivity index (χ0) is 21.8. The van der Waals surface area contributed by atoms with Crippen LogP contribution in [-0.4, -0.2) is 47.4 Å². The lowest BCUT2D eigenvalue weighted by Gasteiger charge is -2.11. The van der Waals surface area contributed by atoms with Gasteiger partial charge in [-0.2, -0.15) is 26.7 Å². The second-order valence-electron chi connectivity index (χ2n) is 5.77. The number of aliphatic hydroxyl groups excluding tert-OH is 1. The van der Waals surface area contributed by atoms with Crippen molar-refractivity contribution in [3.05, 3.63) is 48.3 Å². The first kappa shape index (κ1) is 21.5. The molecule has 0 bridgehead atoms. The molecule has 0 amide bonds. The zero-order valence-electron chi connectivity index (χ0n) is 15.0. The molecule has 30 heavy (non-hydrogen) atoms. The van der Waals surface area contributed by atoms with Gasteiger partial charge in [0.2, 0.25) is 5.88 Å². The molecule has 0 unspecified atom stereocenters. The van der Waals surface area contributed by atoms with E-state index >= 15 is 0 Å². The lowest BCUT2D eigenvalue weighted by atomic mass is 10.2. The number of hydrogen-bond acceptors (Lipinski definition) is 9. The highest BCUT2D eigenvalue weighted by Gasteiger charge is 2.48. The molecule has 1 N–H and O–H groups in total. The molecule has 9 nitrogen and oxygen atoms in total. The minimum atomic E-state index is -5.77. The van der Waals surface area contributed by atoms with Gasteiger partial charge in [0.15, 0.2) is 0 Å². The fourth-order valence-electron chi connectivity index (χ4n) is 2.24. The van der Waals surface area contributed by atoms with Crippen molar-refractivity contribution in [1.29, 1.82) is 0 Å². The van der Waals surface area contributed by atoms with Gasteiger partial charge < -0.3 is 18.8 Å². The maximum absolute atomic E-state index is 12.5. The Labute approximate surface area is 168 Å². The molecule has 0 atom stereocenters. The summed E-state index contributed by atoms with van der Waals surface area (Å²) in [5.74, 6) is -0.0315. The van der Waals surface area contributed by atoms with Gasteiger partial charge in [-0.1, -0.05) is 0 Å². The molecule has 0 aliphatic carbocycles. The average Bonchev–Trinajstić information content (AvgIpc) is 2.70. The predicted octanol–water partition coefficient (Wildman–Crippen LogP) is 2.20. The van der Waals surface area contributed by atoms with E-state index in [2.05, 4.69) is 19.4 Å². The smallest absolute Gasteiger partial charge is 0.488 e. The first-order valence-electron chi connectivity index (χ1n) is 8.26. The fourth-order valence-corrected chi connectivity index (χ4v) is 2.69. The van der Waals surface area contributed by atoms with Gasteiger partial charge in [-0.05, 0) is 24.3 Å². The summed E-state index contributed by atoms with van der Waals surface area (Å²) in [6, 6.07) is 6.46. The molecule has 1 aromatic carbocycles. The number of nitrogens with zero attached hydrogens (tertiary/aromatic N) is 3. The highest BCUT2D eigenvalue weighted by molar-refractivity contribution is 7.88. The maximum Gasteiger partial charge on any atom is 0.534 e. The SMILES string of the molecule is O=S(=O)(Oc1ccc2ncc(OCCOc3cc(CO)cnn3)cc2c1)C(F)(F)F. The van der Waals surface area contributed by atoms with E-state index in [0.29, 0.717) is 16.5 Å². The van der Waals surface area contributed by atoms with Gasteiger partial charge in [0, 0.05) is 17.0 Å². The van der Waals surface area contributed by atoms with Crippen LogP contribution in [0.5, 0.6) is 17.4 Å². The predicted molar refractivity (Wildman–Crippen MR) is 96.3 cm³/mol. The normalized spacial score (nSPS) is 12.0. The molecule has 0 aliphatic rings. The number of alkyl halides is 3. The number of aromatic nitrogens is 3. The third-order valence-electron chi connectivity index (χ3n) is 3.59. The fraction of sp³-hybridized carbons (Fsp3) is 0.235. The van der Waals surface area contributed by atoms with Crippen LogP contribution in [0.25, 0.3) is 10.9 Å². The number of halogens is 3. The number of pyridine rings is 1. The highest BCUT2D eigenvalue weighted by Crippen LogP contribution is 2.29. The van der Waals surface area contributed by atoms with Crippen LogP contribution in [0, 0.1) is 0 Å².